The molecule has 0 rings (SSSR count). The van der Waals surface area contributed by atoms with E-state index < -0.39 is 11.6 Å². The van der Waals surface area contributed by atoms with E-state index in [2.05, 4.69) is 18.4 Å². The molecule has 0 bridgehead atoms. The van der Waals surface area contributed by atoms with Gasteiger partial charge in [-0.1, -0.05) is 25.3 Å². The quantitative estimate of drug-likeness (QED) is 0.370. The molecular formula is C11H16O2. The zero-order valence-electron chi connectivity index (χ0n) is 8.73. The van der Waals surface area contributed by atoms with E-state index in [1.807, 2.05) is 6.92 Å². The van der Waals surface area contributed by atoms with Crippen LogP contribution in [0.25, 0.3) is 0 Å². The lowest BCUT2D eigenvalue weighted by molar-refractivity contribution is -0.146. The van der Waals surface area contributed by atoms with E-state index in [0.29, 0.717) is 5.57 Å². The fourth-order valence-corrected chi connectivity index (χ4v) is 0.646. The summed E-state index contributed by atoms with van der Waals surface area (Å²) in [6, 6.07) is 0. The summed E-state index contributed by atoms with van der Waals surface area (Å²) in [5.41, 5.74) is -0.321. The lowest BCUT2D eigenvalue weighted by atomic mass is 10.1. The predicted molar refractivity (Wildman–Crippen MR) is 53.1 cm³/mol. The molecule has 0 amide bonds. The molecule has 0 aromatic rings. The highest BCUT2D eigenvalue weighted by molar-refractivity contribution is 5.87. The summed E-state index contributed by atoms with van der Waals surface area (Å²) in [7, 11) is 0. The van der Waals surface area contributed by atoms with Gasteiger partial charge in [0, 0.05) is 12.0 Å². The van der Waals surface area contributed by atoms with Crippen LogP contribution in [0.4, 0.5) is 0 Å². The van der Waals surface area contributed by atoms with Crippen LogP contribution in [0.5, 0.6) is 0 Å². The normalized spacial score (nSPS) is 9.85. The number of ether oxygens (including phenoxy) is 1. The van der Waals surface area contributed by atoms with Crippen molar-refractivity contribution in [2.24, 2.45) is 0 Å². The summed E-state index contributed by atoms with van der Waals surface area (Å²) in [6.45, 7) is 10.6. The van der Waals surface area contributed by atoms with Gasteiger partial charge in [0.1, 0.15) is 0 Å². The van der Waals surface area contributed by atoms with Gasteiger partial charge in [0.2, 0.25) is 0 Å². The van der Waals surface area contributed by atoms with Gasteiger partial charge in [-0.2, -0.15) is 0 Å². The molecule has 0 N–H and O–H groups in total. The average molecular weight is 180 g/mol. The van der Waals surface area contributed by atoms with E-state index in [-0.39, 0.29) is 0 Å². The summed E-state index contributed by atoms with van der Waals surface area (Å²) in [4.78, 5) is 11.1. The molecule has 0 aliphatic heterocycles. The van der Waals surface area contributed by atoms with Crippen LogP contribution in [-0.4, -0.2) is 11.6 Å². The van der Waals surface area contributed by atoms with Crippen molar-refractivity contribution >= 4 is 5.97 Å². The fraction of sp³-hybridized carbons (Fsp3) is 0.545. The van der Waals surface area contributed by atoms with Gasteiger partial charge in [0.05, 0.1) is 0 Å². The lowest BCUT2D eigenvalue weighted by Crippen LogP contribution is -2.26. The van der Waals surface area contributed by atoms with Crippen LogP contribution in [0.15, 0.2) is 12.2 Å². The minimum absolute atomic E-state index is 0.393. The Balaban J connectivity index is 4.33. The summed E-state index contributed by atoms with van der Waals surface area (Å²) in [5, 5.41) is 0. The minimum atomic E-state index is -0.716. The van der Waals surface area contributed by atoms with Crippen LogP contribution in [-0.2, 0) is 9.53 Å². The molecule has 0 unspecified atom stereocenters. The van der Waals surface area contributed by atoms with Crippen LogP contribution in [0.3, 0.4) is 0 Å². The molecule has 72 valence electrons. The van der Waals surface area contributed by atoms with Gasteiger partial charge in [-0.15, -0.1) is 0 Å². The molecule has 0 fully saturated rings. The second-order valence-electron chi connectivity index (χ2n) is 3.34. The molecule has 0 saturated carbocycles. The first-order valence-electron chi connectivity index (χ1n) is 4.28. The van der Waals surface area contributed by atoms with Crippen molar-refractivity contribution in [3.63, 3.8) is 0 Å². The maximum atomic E-state index is 11.1. The maximum Gasteiger partial charge on any atom is 0.334 e. The highest BCUT2D eigenvalue weighted by atomic mass is 16.6. The number of carbonyl (C=O) groups is 1. The van der Waals surface area contributed by atoms with E-state index in [0.717, 1.165) is 6.42 Å². The lowest BCUT2D eigenvalue weighted by Gasteiger charge is -2.18. The van der Waals surface area contributed by atoms with Crippen LogP contribution >= 0.6 is 0 Å². The first kappa shape index (κ1) is 11.8. The predicted octanol–water partition coefficient (Wildman–Crippen LogP) is 2.30. The molecule has 0 atom stereocenters. The molecule has 0 saturated heterocycles. The highest BCUT2D eigenvalue weighted by Crippen LogP contribution is 2.10. The minimum Gasteiger partial charge on any atom is -0.443 e. The van der Waals surface area contributed by atoms with Gasteiger partial charge in [-0.25, -0.2) is 4.79 Å². The molecule has 0 spiro atoms. The molecule has 2 heteroatoms. The van der Waals surface area contributed by atoms with Crippen LogP contribution in [0.2, 0.25) is 0 Å². The third-order valence-electron chi connectivity index (χ3n) is 1.26. The van der Waals surface area contributed by atoms with Gasteiger partial charge >= 0.3 is 5.97 Å². The van der Waals surface area contributed by atoms with E-state index in [1.165, 1.54) is 0 Å². The van der Waals surface area contributed by atoms with Gasteiger partial charge in [0.25, 0.3) is 0 Å². The van der Waals surface area contributed by atoms with Gasteiger partial charge in [0.15, 0.2) is 5.60 Å². The second kappa shape index (κ2) is 4.71. The van der Waals surface area contributed by atoms with Crippen molar-refractivity contribution in [2.45, 2.75) is 39.7 Å². The third-order valence-corrected chi connectivity index (χ3v) is 1.26. The summed E-state index contributed by atoms with van der Waals surface area (Å²) in [5.74, 6) is 5.34. The Morgan fingerprint density at radius 3 is 2.46 bits per heavy atom. The molecule has 0 aliphatic carbocycles. The molecule has 0 radical (unpaired) electrons. The highest BCUT2D eigenvalue weighted by Gasteiger charge is 2.19. The Bertz CT molecular complexity index is 264. The van der Waals surface area contributed by atoms with Crippen molar-refractivity contribution in [1.29, 1.82) is 0 Å². The van der Waals surface area contributed by atoms with E-state index in [1.54, 1.807) is 20.8 Å². The van der Waals surface area contributed by atoms with Crippen LogP contribution in [0, 0.1) is 11.8 Å². The van der Waals surface area contributed by atoms with Crippen molar-refractivity contribution in [1.82, 2.24) is 0 Å². The van der Waals surface area contributed by atoms with Crippen molar-refractivity contribution in [2.75, 3.05) is 0 Å². The molecular weight excluding hydrogens is 164 g/mol. The maximum absolute atomic E-state index is 11.1. The number of hydrogen-bond donors (Lipinski definition) is 0. The van der Waals surface area contributed by atoms with Crippen molar-refractivity contribution in [3.05, 3.63) is 12.2 Å². The van der Waals surface area contributed by atoms with Crippen LogP contribution < -0.4 is 0 Å². The topological polar surface area (TPSA) is 26.3 Å². The Kier molecular flexibility index (Phi) is 4.27. The van der Waals surface area contributed by atoms with Gasteiger partial charge in [-0.3, -0.25) is 0 Å². The Morgan fingerprint density at radius 2 is 2.08 bits per heavy atom. The van der Waals surface area contributed by atoms with E-state index in [9.17, 15) is 4.79 Å². The standard InChI is InChI=1S/C11H16O2/c1-6-7-8-11(4,5)13-10(12)9(2)3/h2,6H2,1,3-5H3. The summed E-state index contributed by atoms with van der Waals surface area (Å²) >= 11 is 0. The molecule has 0 aromatic carbocycles. The zero-order valence-corrected chi connectivity index (χ0v) is 8.73. The summed E-state index contributed by atoms with van der Waals surface area (Å²) < 4.78 is 5.09. The van der Waals surface area contributed by atoms with Crippen molar-refractivity contribution in [3.8, 4) is 11.8 Å². The number of rotatable bonds is 2. The third kappa shape index (κ3) is 5.08. The largest absolute Gasteiger partial charge is 0.443 e. The molecule has 0 heterocycles. The number of esters is 1. The van der Waals surface area contributed by atoms with Crippen molar-refractivity contribution < 1.29 is 9.53 Å². The van der Waals surface area contributed by atoms with Gasteiger partial charge < -0.3 is 4.74 Å². The molecule has 13 heavy (non-hydrogen) atoms. The second-order valence-corrected chi connectivity index (χ2v) is 3.34. The smallest absolute Gasteiger partial charge is 0.334 e. The van der Waals surface area contributed by atoms with Crippen LogP contribution in [0.1, 0.15) is 34.1 Å². The van der Waals surface area contributed by atoms with Gasteiger partial charge in [-0.05, 0) is 20.8 Å². The van der Waals surface area contributed by atoms with E-state index >= 15 is 0 Å². The Hall–Kier alpha value is -1.23. The number of hydrogen-bond acceptors (Lipinski definition) is 2. The number of carbonyl (C=O) groups excluding carboxylic acids is 1. The Labute approximate surface area is 80.0 Å². The zero-order chi connectivity index (χ0) is 10.5. The SMILES string of the molecule is C=C(C)C(=O)OC(C)(C)C#CCC. The Morgan fingerprint density at radius 1 is 1.54 bits per heavy atom. The first-order valence-corrected chi connectivity index (χ1v) is 4.28. The molecule has 0 aromatic heterocycles. The molecule has 0 aliphatic rings. The van der Waals surface area contributed by atoms with E-state index in [4.69, 9.17) is 4.74 Å². The monoisotopic (exact) mass is 180 g/mol. The first-order chi connectivity index (χ1) is 5.89. The average Bonchev–Trinajstić information content (AvgIpc) is 2.00. The fourth-order valence-electron chi connectivity index (χ4n) is 0.646. The summed E-state index contributed by atoms with van der Waals surface area (Å²) in [6.07, 6.45) is 0.758. The molecule has 2 nitrogen and oxygen atoms in total.